The number of hydrogen-bond acceptors (Lipinski definition) is 6. The standard InChI is InChI=1S/C19H24N6O2/c1-23-12-14(7-8-16(23)11-20)21-18(26)13-25-19(27)10-9-17(22-25)24(2)15-5-3-4-6-15/h7-10,12,15-16H,3-6,13H2,1-2H3,(H,21,26). The summed E-state index contributed by atoms with van der Waals surface area (Å²) < 4.78 is 1.19. The lowest BCUT2D eigenvalue weighted by Gasteiger charge is -2.25. The maximum Gasteiger partial charge on any atom is 0.267 e. The minimum Gasteiger partial charge on any atom is -0.360 e. The predicted octanol–water partition coefficient (Wildman–Crippen LogP) is 0.973. The molecule has 1 N–H and O–H groups in total. The Morgan fingerprint density at radius 1 is 1.41 bits per heavy atom. The van der Waals surface area contributed by atoms with E-state index in [1.54, 1.807) is 36.4 Å². The molecule has 0 spiro atoms. The van der Waals surface area contributed by atoms with Crippen LogP contribution in [0.5, 0.6) is 0 Å². The smallest absolute Gasteiger partial charge is 0.267 e. The lowest BCUT2D eigenvalue weighted by Crippen LogP contribution is -2.37. The number of allylic oxidation sites excluding steroid dienone is 1. The van der Waals surface area contributed by atoms with Crippen LogP contribution in [0.2, 0.25) is 0 Å². The van der Waals surface area contributed by atoms with E-state index in [9.17, 15) is 9.59 Å². The van der Waals surface area contributed by atoms with Crippen molar-refractivity contribution in [2.24, 2.45) is 0 Å². The molecule has 1 saturated carbocycles. The van der Waals surface area contributed by atoms with E-state index in [1.807, 2.05) is 7.05 Å². The number of nitriles is 1. The van der Waals surface area contributed by atoms with Gasteiger partial charge in [0, 0.05) is 32.4 Å². The van der Waals surface area contributed by atoms with Crippen LogP contribution in [0.3, 0.4) is 0 Å². The van der Waals surface area contributed by atoms with Gasteiger partial charge >= 0.3 is 0 Å². The Balaban J connectivity index is 1.67. The highest BCUT2D eigenvalue weighted by atomic mass is 16.2. The molecule has 3 rings (SSSR count). The normalized spacial score (nSPS) is 19.5. The summed E-state index contributed by atoms with van der Waals surface area (Å²) in [6.45, 7) is -0.165. The molecule has 1 aromatic heterocycles. The number of anilines is 1. The second-order valence-electron chi connectivity index (χ2n) is 6.97. The molecule has 1 atom stereocenters. The van der Waals surface area contributed by atoms with Crippen LogP contribution in [0.1, 0.15) is 25.7 Å². The van der Waals surface area contributed by atoms with Crippen molar-refractivity contribution in [3.8, 4) is 6.07 Å². The lowest BCUT2D eigenvalue weighted by molar-refractivity contribution is -0.121. The molecule has 1 aromatic rings. The van der Waals surface area contributed by atoms with Gasteiger partial charge in [0.25, 0.3) is 5.56 Å². The van der Waals surface area contributed by atoms with Gasteiger partial charge in [-0.2, -0.15) is 10.4 Å². The number of aromatic nitrogens is 2. The summed E-state index contributed by atoms with van der Waals surface area (Å²) >= 11 is 0. The fraction of sp³-hybridized carbons (Fsp3) is 0.474. The molecule has 8 nitrogen and oxygen atoms in total. The van der Waals surface area contributed by atoms with Crippen LogP contribution < -0.4 is 15.8 Å². The summed E-state index contributed by atoms with van der Waals surface area (Å²) in [6, 6.07) is 5.37. The average molecular weight is 368 g/mol. The SMILES string of the molecule is CN1C=C(NC(=O)Cn2nc(N(C)C3CCCC3)ccc2=O)C=CC1C#N. The number of likely N-dealkylation sites (N-methyl/N-ethyl adjacent to an activating group) is 1. The van der Waals surface area contributed by atoms with E-state index in [0.29, 0.717) is 17.6 Å². The third-order valence-corrected chi connectivity index (χ3v) is 5.04. The van der Waals surface area contributed by atoms with Gasteiger partial charge in [0.1, 0.15) is 18.4 Å². The second kappa shape index (κ2) is 8.08. The number of hydrogen-bond donors (Lipinski definition) is 1. The van der Waals surface area contributed by atoms with E-state index in [2.05, 4.69) is 21.4 Å². The van der Waals surface area contributed by atoms with Gasteiger partial charge in [-0.15, -0.1) is 0 Å². The average Bonchev–Trinajstić information content (AvgIpc) is 3.18. The molecule has 2 aliphatic rings. The van der Waals surface area contributed by atoms with Crippen molar-refractivity contribution in [1.29, 1.82) is 5.26 Å². The minimum atomic E-state index is -0.349. The number of amides is 1. The van der Waals surface area contributed by atoms with E-state index in [0.717, 1.165) is 12.8 Å². The number of carbonyl (C=O) groups is 1. The summed E-state index contributed by atoms with van der Waals surface area (Å²) in [5.74, 6) is 0.354. The Hall–Kier alpha value is -3.08. The summed E-state index contributed by atoms with van der Waals surface area (Å²) in [4.78, 5) is 28.2. The summed E-state index contributed by atoms with van der Waals surface area (Å²) in [5, 5.41) is 16.1. The molecule has 27 heavy (non-hydrogen) atoms. The molecule has 0 saturated heterocycles. The van der Waals surface area contributed by atoms with Gasteiger partial charge in [0.15, 0.2) is 0 Å². The highest BCUT2D eigenvalue weighted by Crippen LogP contribution is 2.25. The van der Waals surface area contributed by atoms with E-state index in [4.69, 9.17) is 5.26 Å². The first-order valence-corrected chi connectivity index (χ1v) is 9.10. The molecule has 1 aliphatic heterocycles. The van der Waals surface area contributed by atoms with Crippen LogP contribution in [-0.2, 0) is 11.3 Å². The van der Waals surface area contributed by atoms with Gasteiger partial charge in [-0.1, -0.05) is 12.8 Å². The van der Waals surface area contributed by atoms with Crippen LogP contribution >= 0.6 is 0 Å². The van der Waals surface area contributed by atoms with Crippen LogP contribution in [0.4, 0.5) is 5.82 Å². The van der Waals surface area contributed by atoms with E-state index < -0.39 is 0 Å². The molecular weight excluding hydrogens is 344 g/mol. The third kappa shape index (κ3) is 4.37. The first-order valence-electron chi connectivity index (χ1n) is 9.10. The minimum absolute atomic E-state index is 0.165. The zero-order valence-electron chi connectivity index (χ0n) is 15.6. The summed E-state index contributed by atoms with van der Waals surface area (Å²) in [7, 11) is 3.74. The largest absolute Gasteiger partial charge is 0.360 e. The van der Waals surface area contributed by atoms with Crippen molar-refractivity contribution in [2.75, 3.05) is 19.0 Å². The maximum atomic E-state index is 12.3. The quantitative estimate of drug-likeness (QED) is 0.832. The molecule has 1 fully saturated rings. The highest BCUT2D eigenvalue weighted by Gasteiger charge is 2.21. The van der Waals surface area contributed by atoms with E-state index in [-0.39, 0.29) is 24.1 Å². The number of nitrogens with zero attached hydrogens (tertiary/aromatic N) is 5. The van der Waals surface area contributed by atoms with Gasteiger partial charge in [-0.3, -0.25) is 9.59 Å². The molecule has 8 heteroatoms. The van der Waals surface area contributed by atoms with Gasteiger partial charge in [-0.25, -0.2) is 4.68 Å². The van der Waals surface area contributed by atoms with Crippen molar-refractivity contribution < 1.29 is 4.79 Å². The molecule has 142 valence electrons. The summed E-state index contributed by atoms with van der Waals surface area (Å²) in [6.07, 6.45) is 9.74. The van der Waals surface area contributed by atoms with Crippen molar-refractivity contribution in [3.05, 3.63) is 46.5 Å². The maximum absolute atomic E-state index is 12.3. The number of rotatable bonds is 5. The van der Waals surface area contributed by atoms with Gasteiger partial charge < -0.3 is 15.1 Å². The Kier molecular flexibility index (Phi) is 5.60. The molecule has 0 bridgehead atoms. The third-order valence-electron chi connectivity index (χ3n) is 5.04. The van der Waals surface area contributed by atoms with Crippen LogP contribution in [-0.4, -0.2) is 46.8 Å². The molecule has 0 aromatic carbocycles. The summed E-state index contributed by atoms with van der Waals surface area (Å²) in [5.41, 5.74) is 0.254. The number of nitrogens with one attached hydrogen (secondary N) is 1. The topological polar surface area (TPSA) is 94.3 Å². The van der Waals surface area contributed by atoms with Crippen molar-refractivity contribution >= 4 is 11.7 Å². The first kappa shape index (κ1) is 18.7. The Labute approximate surface area is 158 Å². The zero-order chi connectivity index (χ0) is 19.4. The van der Waals surface area contributed by atoms with Crippen LogP contribution in [0.25, 0.3) is 0 Å². The molecule has 0 radical (unpaired) electrons. The molecule has 1 aliphatic carbocycles. The molecule has 1 amide bonds. The molecular formula is C19H24N6O2. The van der Waals surface area contributed by atoms with Gasteiger partial charge in [-0.05, 0) is 31.1 Å². The zero-order valence-corrected chi connectivity index (χ0v) is 15.6. The van der Waals surface area contributed by atoms with Crippen molar-refractivity contribution in [3.63, 3.8) is 0 Å². The number of carbonyl (C=O) groups excluding carboxylic acids is 1. The van der Waals surface area contributed by atoms with E-state index in [1.165, 1.54) is 23.6 Å². The molecule has 1 unspecified atom stereocenters. The van der Waals surface area contributed by atoms with Crippen molar-refractivity contribution in [2.45, 2.75) is 44.3 Å². The lowest BCUT2D eigenvalue weighted by atomic mass is 10.2. The van der Waals surface area contributed by atoms with E-state index >= 15 is 0 Å². The predicted molar refractivity (Wildman–Crippen MR) is 102 cm³/mol. The van der Waals surface area contributed by atoms with Crippen LogP contribution in [0, 0.1) is 11.3 Å². The Morgan fingerprint density at radius 3 is 2.81 bits per heavy atom. The fourth-order valence-corrected chi connectivity index (χ4v) is 3.44. The van der Waals surface area contributed by atoms with Gasteiger partial charge in [0.05, 0.1) is 11.8 Å². The Morgan fingerprint density at radius 2 is 2.15 bits per heavy atom. The molecule has 2 heterocycles. The van der Waals surface area contributed by atoms with Crippen LogP contribution in [0.15, 0.2) is 41.0 Å². The fourth-order valence-electron chi connectivity index (χ4n) is 3.44. The second-order valence-corrected chi connectivity index (χ2v) is 6.97. The first-order chi connectivity index (χ1) is 13.0. The Bertz CT molecular complexity index is 860. The monoisotopic (exact) mass is 368 g/mol. The van der Waals surface area contributed by atoms with Crippen molar-refractivity contribution in [1.82, 2.24) is 20.0 Å². The van der Waals surface area contributed by atoms with Gasteiger partial charge in [0.2, 0.25) is 5.91 Å². The highest BCUT2D eigenvalue weighted by molar-refractivity contribution is 5.78.